The zero-order valence-electron chi connectivity index (χ0n) is 19.1. The molecular formula is C22H27N5O5S. The van der Waals surface area contributed by atoms with Crippen LogP contribution in [0.2, 0.25) is 0 Å². The highest BCUT2D eigenvalue weighted by atomic mass is 32.2. The van der Waals surface area contributed by atoms with Gasteiger partial charge in [-0.3, -0.25) is 4.57 Å². The van der Waals surface area contributed by atoms with E-state index < -0.39 is 15.4 Å². The van der Waals surface area contributed by atoms with E-state index in [1.54, 1.807) is 40.1 Å². The molecule has 3 aromatic rings. The number of fused-ring (bicyclic) bond motifs is 1. The van der Waals surface area contributed by atoms with Gasteiger partial charge >= 0.3 is 6.09 Å². The molecule has 0 N–H and O–H groups in total. The number of carbonyl (C=O) groups excluding carboxylic acids is 1. The average molecular weight is 474 g/mol. The van der Waals surface area contributed by atoms with Crippen LogP contribution in [0.4, 0.5) is 4.79 Å². The molecule has 176 valence electrons. The molecule has 0 aliphatic carbocycles. The van der Waals surface area contributed by atoms with Crippen molar-refractivity contribution in [1.29, 1.82) is 0 Å². The highest BCUT2D eigenvalue weighted by Crippen LogP contribution is 2.26. The van der Waals surface area contributed by atoms with Crippen LogP contribution in [0.25, 0.3) is 16.9 Å². The number of benzene rings is 1. The van der Waals surface area contributed by atoms with Crippen molar-refractivity contribution in [3.8, 4) is 11.6 Å². The highest BCUT2D eigenvalue weighted by molar-refractivity contribution is 7.90. The minimum Gasteiger partial charge on any atom is -0.473 e. The smallest absolute Gasteiger partial charge is 0.410 e. The average Bonchev–Trinajstić information content (AvgIpc) is 3.18. The maximum Gasteiger partial charge on any atom is 0.410 e. The lowest BCUT2D eigenvalue weighted by molar-refractivity contribution is 0.0124. The van der Waals surface area contributed by atoms with E-state index in [1.807, 2.05) is 20.8 Å². The van der Waals surface area contributed by atoms with E-state index in [0.29, 0.717) is 43.0 Å². The van der Waals surface area contributed by atoms with Crippen molar-refractivity contribution in [2.45, 2.75) is 50.2 Å². The lowest BCUT2D eigenvalue weighted by Crippen LogP contribution is -2.44. The molecule has 2 aromatic heterocycles. The molecule has 4 rings (SSSR count). The van der Waals surface area contributed by atoms with Crippen LogP contribution < -0.4 is 4.74 Å². The van der Waals surface area contributed by atoms with Gasteiger partial charge in [-0.1, -0.05) is 0 Å². The van der Waals surface area contributed by atoms with Crippen molar-refractivity contribution in [3.05, 3.63) is 36.9 Å². The van der Waals surface area contributed by atoms with Crippen LogP contribution in [0.15, 0.2) is 41.8 Å². The second kappa shape index (κ2) is 8.62. The van der Waals surface area contributed by atoms with Gasteiger partial charge in [-0.05, 0) is 45.0 Å². The third-order valence-corrected chi connectivity index (χ3v) is 6.34. The molecule has 0 radical (unpaired) electrons. The van der Waals surface area contributed by atoms with Crippen LogP contribution in [0, 0.1) is 0 Å². The van der Waals surface area contributed by atoms with Crippen molar-refractivity contribution in [2.24, 2.45) is 0 Å². The summed E-state index contributed by atoms with van der Waals surface area (Å²) in [4.78, 5) is 27.2. The molecule has 33 heavy (non-hydrogen) atoms. The molecule has 0 atom stereocenters. The van der Waals surface area contributed by atoms with Gasteiger partial charge in [0, 0.05) is 37.9 Å². The summed E-state index contributed by atoms with van der Waals surface area (Å²) in [7, 11) is -3.28. The topological polar surface area (TPSA) is 117 Å². The van der Waals surface area contributed by atoms with Gasteiger partial charge < -0.3 is 14.4 Å². The number of carbonyl (C=O) groups is 1. The minimum atomic E-state index is -3.28. The molecule has 1 saturated heterocycles. The third-order valence-electron chi connectivity index (χ3n) is 5.21. The lowest BCUT2D eigenvalue weighted by atomic mass is 10.1. The minimum absolute atomic E-state index is 0.110. The van der Waals surface area contributed by atoms with Gasteiger partial charge in [-0.2, -0.15) is 4.98 Å². The van der Waals surface area contributed by atoms with E-state index in [1.165, 1.54) is 12.6 Å². The summed E-state index contributed by atoms with van der Waals surface area (Å²) in [5.41, 5.74) is 1.26. The van der Waals surface area contributed by atoms with Crippen LogP contribution in [-0.4, -0.2) is 70.0 Å². The number of hydrogen-bond acceptors (Lipinski definition) is 8. The van der Waals surface area contributed by atoms with E-state index in [9.17, 15) is 13.2 Å². The Morgan fingerprint density at radius 1 is 1.06 bits per heavy atom. The summed E-state index contributed by atoms with van der Waals surface area (Å²) < 4.78 is 36.7. The quantitative estimate of drug-likeness (QED) is 0.568. The van der Waals surface area contributed by atoms with Gasteiger partial charge in [0.1, 0.15) is 24.4 Å². The number of piperidine rings is 1. The Hall–Kier alpha value is -3.21. The predicted octanol–water partition coefficient (Wildman–Crippen LogP) is 3.00. The summed E-state index contributed by atoms with van der Waals surface area (Å²) in [6, 6.07) is 6.50. The predicted molar refractivity (Wildman–Crippen MR) is 121 cm³/mol. The van der Waals surface area contributed by atoms with E-state index in [-0.39, 0.29) is 17.1 Å². The molecular weight excluding hydrogens is 446 g/mol. The largest absolute Gasteiger partial charge is 0.473 e. The van der Waals surface area contributed by atoms with E-state index in [0.717, 1.165) is 5.69 Å². The monoisotopic (exact) mass is 473 g/mol. The van der Waals surface area contributed by atoms with Gasteiger partial charge in [0.15, 0.2) is 21.0 Å². The van der Waals surface area contributed by atoms with Crippen LogP contribution >= 0.6 is 0 Å². The molecule has 11 heteroatoms. The Labute approximate surface area is 192 Å². The van der Waals surface area contributed by atoms with Crippen LogP contribution in [0.5, 0.6) is 5.88 Å². The number of imidazole rings is 1. The van der Waals surface area contributed by atoms with Gasteiger partial charge in [-0.25, -0.2) is 23.2 Å². The normalized spacial score (nSPS) is 15.6. The molecule has 1 aromatic carbocycles. The summed E-state index contributed by atoms with van der Waals surface area (Å²) in [5.74, 6) is 0.377. The Kier molecular flexibility index (Phi) is 6.00. The number of ether oxygens (including phenoxy) is 2. The van der Waals surface area contributed by atoms with E-state index in [2.05, 4.69) is 15.0 Å². The van der Waals surface area contributed by atoms with Gasteiger partial charge in [0.05, 0.1) is 4.90 Å². The summed E-state index contributed by atoms with van der Waals surface area (Å²) in [6.45, 7) is 6.62. The van der Waals surface area contributed by atoms with Crippen molar-refractivity contribution in [1.82, 2.24) is 24.4 Å². The number of aromatic nitrogens is 4. The van der Waals surface area contributed by atoms with E-state index in [4.69, 9.17) is 9.47 Å². The van der Waals surface area contributed by atoms with Crippen LogP contribution in [-0.2, 0) is 14.6 Å². The summed E-state index contributed by atoms with van der Waals surface area (Å²) in [5, 5.41) is 0. The lowest BCUT2D eigenvalue weighted by Gasteiger charge is -2.33. The maximum atomic E-state index is 12.3. The van der Waals surface area contributed by atoms with Crippen molar-refractivity contribution in [2.75, 3.05) is 19.3 Å². The Balaban J connectivity index is 1.47. The highest BCUT2D eigenvalue weighted by Gasteiger charge is 2.28. The number of likely N-dealkylation sites (tertiary alicyclic amines) is 1. The fraction of sp³-hybridized carbons (Fsp3) is 0.455. The SMILES string of the molecule is CC(C)(C)OC(=O)N1CCC(Oc2ncnc3c2ncn3-c2ccc(S(C)(=O)=O)cc2)CC1. The maximum absolute atomic E-state index is 12.3. The molecule has 1 fully saturated rings. The number of amides is 1. The zero-order valence-corrected chi connectivity index (χ0v) is 19.9. The number of nitrogens with zero attached hydrogens (tertiary/aromatic N) is 5. The Bertz CT molecular complexity index is 1260. The van der Waals surface area contributed by atoms with Crippen molar-refractivity contribution in [3.63, 3.8) is 0 Å². The summed E-state index contributed by atoms with van der Waals surface area (Å²) in [6.07, 6.45) is 5.07. The molecule has 3 heterocycles. The molecule has 1 amide bonds. The second-order valence-electron chi connectivity index (χ2n) is 9.02. The number of hydrogen-bond donors (Lipinski definition) is 0. The van der Waals surface area contributed by atoms with Crippen LogP contribution in [0.3, 0.4) is 0 Å². The number of rotatable bonds is 4. The second-order valence-corrected chi connectivity index (χ2v) is 11.0. The van der Waals surface area contributed by atoms with Gasteiger partial charge in [0.25, 0.3) is 0 Å². The van der Waals surface area contributed by atoms with Crippen molar-refractivity contribution >= 4 is 27.1 Å². The van der Waals surface area contributed by atoms with Crippen LogP contribution in [0.1, 0.15) is 33.6 Å². The third kappa shape index (κ3) is 5.24. The standard InChI is InChI=1S/C22H27N5O5S/c1-22(2,3)32-21(28)26-11-9-16(10-12-26)31-20-18-19(23-13-24-20)27(14-25-18)15-5-7-17(8-6-15)33(4,29)30/h5-8,13-14,16H,9-12H2,1-4H3. The molecule has 0 bridgehead atoms. The first-order valence-electron chi connectivity index (χ1n) is 10.6. The molecule has 1 aliphatic rings. The first-order chi connectivity index (χ1) is 15.5. The molecule has 1 aliphatic heterocycles. The first kappa shape index (κ1) is 23.0. The zero-order chi connectivity index (χ0) is 23.8. The summed E-state index contributed by atoms with van der Waals surface area (Å²) >= 11 is 0. The Morgan fingerprint density at radius 2 is 1.73 bits per heavy atom. The molecule has 0 spiro atoms. The fourth-order valence-electron chi connectivity index (χ4n) is 3.58. The number of sulfone groups is 1. The molecule has 0 unspecified atom stereocenters. The molecule has 10 nitrogen and oxygen atoms in total. The van der Waals surface area contributed by atoms with Gasteiger partial charge in [0.2, 0.25) is 5.88 Å². The molecule has 0 saturated carbocycles. The van der Waals surface area contributed by atoms with Crippen molar-refractivity contribution < 1.29 is 22.7 Å². The fourth-order valence-corrected chi connectivity index (χ4v) is 4.21. The van der Waals surface area contributed by atoms with E-state index >= 15 is 0 Å². The first-order valence-corrected chi connectivity index (χ1v) is 12.5. The Morgan fingerprint density at radius 3 is 2.33 bits per heavy atom. The van der Waals surface area contributed by atoms with Gasteiger partial charge in [-0.15, -0.1) is 0 Å².